The van der Waals surface area contributed by atoms with E-state index in [1.807, 2.05) is 0 Å². The topological polar surface area (TPSA) is 94.2 Å². The highest BCUT2D eigenvalue weighted by Gasteiger charge is 2.41. The van der Waals surface area contributed by atoms with Crippen molar-refractivity contribution < 1.29 is 28.3 Å². The van der Waals surface area contributed by atoms with E-state index in [4.69, 9.17) is 9.16 Å². The van der Waals surface area contributed by atoms with E-state index in [1.165, 1.54) is 12.0 Å². The normalized spacial score (nSPS) is 14.9. The van der Waals surface area contributed by atoms with Gasteiger partial charge in [-0.05, 0) is 56.1 Å². The number of carbonyl (C=O) groups excluding carboxylic acids is 3. The summed E-state index contributed by atoms with van der Waals surface area (Å²) in [6.07, 6.45) is 1.61. The second-order valence-electron chi connectivity index (χ2n) is 9.83. The predicted octanol–water partition coefficient (Wildman–Crippen LogP) is 4.22. The molecule has 0 spiro atoms. The van der Waals surface area contributed by atoms with Crippen molar-refractivity contribution in [3.05, 3.63) is 35.4 Å². The molecule has 0 fully saturated rings. The molecule has 2 amide bonds. The van der Waals surface area contributed by atoms with Crippen molar-refractivity contribution in [2.75, 3.05) is 33.4 Å². The summed E-state index contributed by atoms with van der Waals surface area (Å²) in [6, 6.07) is 6.94. The van der Waals surface area contributed by atoms with E-state index in [9.17, 15) is 14.4 Å². The lowest BCUT2D eigenvalue weighted by Crippen LogP contribution is -2.51. The molecular weight excluding hydrogens is 440 g/mol. The van der Waals surface area contributed by atoms with Crippen LogP contribution in [0.2, 0.25) is 18.1 Å². The predicted molar refractivity (Wildman–Crippen MR) is 129 cm³/mol. The summed E-state index contributed by atoms with van der Waals surface area (Å²) < 4.78 is 15.9. The SMILES string of the molecule is COC(=O)OCCCCCNCC(CN1C(=O)c2ccccc2C1=O)O[Si](C)(C)C(C)(C)C. The fourth-order valence-corrected chi connectivity index (χ4v) is 4.70. The third kappa shape index (κ3) is 7.38. The molecule has 0 bridgehead atoms. The zero-order valence-electron chi connectivity index (χ0n) is 20.7. The van der Waals surface area contributed by atoms with Gasteiger partial charge in [0.2, 0.25) is 0 Å². The first-order chi connectivity index (χ1) is 15.5. The van der Waals surface area contributed by atoms with Crippen LogP contribution in [0.25, 0.3) is 0 Å². The Morgan fingerprint density at radius 3 is 2.21 bits per heavy atom. The van der Waals surface area contributed by atoms with E-state index in [2.05, 4.69) is 43.9 Å². The highest BCUT2D eigenvalue weighted by atomic mass is 28.4. The molecule has 8 nitrogen and oxygen atoms in total. The number of methoxy groups -OCH3 is 1. The van der Waals surface area contributed by atoms with Gasteiger partial charge in [0.25, 0.3) is 11.8 Å². The Kier molecular flexibility index (Phi) is 9.63. The minimum Gasteiger partial charge on any atom is -0.438 e. The molecule has 0 aliphatic carbocycles. The summed E-state index contributed by atoms with van der Waals surface area (Å²) >= 11 is 0. The minimum atomic E-state index is -2.11. The molecule has 1 N–H and O–H groups in total. The Morgan fingerprint density at radius 1 is 1.06 bits per heavy atom. The van der Waals surface area contributed by atoms with E-state index in [1.54, 1.807) is 24.3 Å². The summed E-state index contributed by atoms with van der Waals surface area (Å²) in [6.45, 7) is 12.7. The second kappa shape index (κ2) is 11.8. The number of nitrogens with zero attached hydrogens (tertiary/aromatic N) is 1. The van der Waals surface area contributed by atoms with Crippen LogP contribution >= 0.6 is 0 Å². The Labute approximate surface area is 198 Å². The first-order valence-corrected chi connectivity index (χ1v) is 14.4. The Balaban J connectivity index is 1.93. The highest BCUT2D eigenvalue weighted by molar-refractivity contribution is 6.74. The van der Waals surface area contributed by atoms with Gasteiger partial charge in [0.15, 0.2) is 8.32 Å². The van der Waals surface area contributed by atoms with Gasteiger partial charge in [-0.2, -0.15) is 0 Å². The van der Waals surface area contributed by atoms with Gasteiger partial charge in [0, 0.05) is 6.54 Å². The zero-order valence-corrected chi connectivity index (χ0v) is 21.7. The molecule has 0 saturated carbocycles. The van der Waals surface area contributed by atoms with Crippen LogP contribution in [-0.4, -0.2) is 70.6 Å². The van der Waals surface area contributed by atoms with Crippen LogP contribution in [0.4, 0.5) is 4.79 Å². The van der Waals surface area contributed by atoms with Gasteiger partial charge in [-0.15, -0.1) is 0 Å². The molecule has 184 valence electrons. The van der Waals surface area contributed by atoms with E-state index < -0.39 is 14.5 Å². The second-order valence-corrected chi connectivity index (χ2v) is 14.6. The molecular formula is C24H38N2O6Si. The highest BCUT2D eigenvalue weighted by Crippen LogP contribution is 2.37. The molecule has 1 heterocycles. The number of carbonyl (C=O) groups is 3. The maximum Gasteiger partial charge on any atom is 0.507 e. The molecule has 1 unspecified atom stereocenters. The molecule has 0 aromatic heterocycles. The van der Waals surface area contributed by atoms with Gasteiger partial charge in [0.05, 0.1) is 37.5 Å². The average Bonchev–Trinajstić information content (AvgIpc) is 2.99. The van der Waals surface area contributed by atoms with Crippen molar-refractivity contribution in [1.82, 2.24) is 10.2 Å². The molecule has 2 rings (SSSR count). The van der Waals surface area contributed by atoms with Crippen molar-refractivity contribution in [1.29, 1.82) is 0 Å². The Morgan fingerprint density at radius 2 is 1.67 bits per heavy atom. The van der Waals surface area contributed by atoms with Gasteiger partial charge in [-0.1, -0.05) is 32.9 Å². The fraction of sp³-hybridized carbons (Fsp3) is 0.625. The largest absolute Gasteiger partial charge is 0.507 e. The summed E-state index contributed by atoms with van der Waals surface area (Å²) in [5, 5.41) is 3.42. The number of fused-ring (bicyclic) bond motifs is 1. The molecule has 0 radical (unpaired) electrons. The van der Waals surface area contributed by atoms with Crippen molar-refractivity contribution >= 4 is 26.3 Å². The maximum atomic E-state index is 12.8. The number of hydrogen-bond acceptors (Lipinski definition) is 7. The number of benzene rings is 1. The molecule has 9 heteroatoms. The molecule has 33 heavy (non-hydrogen) atoms. The van der Waals surface area contributed by atoms with E-state index >= 15 is 0 Å². The first-order valence-electron chi connectivity index (χ1n) is 11.5. The van der Waals surface area contributed by atoms with Gasteiger partial charge in [0.1, 0.15) is 0 Å². The van der Waals surface area contributed by atoms with E-state index in [-0.39, 0.29) is 29.5 Å². The maximum absolute atomic E-state index is 12.8. The number of unbranched alkanes of at least 4 members (excludes halogenated alkanes) is 2. The van der Waals surface area contributed by atoms with Crippen LogP contribution in [0.15, 0.2) is 24.3 Å². The Bertz CT molecular complexity index is 801. The molecule has 1 atom stereocenters. The lowest BCUT2D eigenvalue weighted by Gasteiger charge is -2.40. The number of rotatable bonds is 12. The summed E-state index contributed by atoms with van der Waals surface area (Å²) in [4.78, 5) is 38.0. The number of nitrogens with one attached hydrogen (secondary N) is 1. The van der Waals surface area contributed by atoms with Gasteiger partial charge >= 0.3 is 6.16 Å². The summed E-state index contributed by atoms with van der Waals surface area (Å²) in [5.41, 5.74) is 0.909. The smallest absolute Gasteiger partial charge is 0.438 e. The third-order valence-corrected chi connectivity index (χ3v) is 10.8. The number of hydrogen-bond donors (Lipinski definition) is 1. The van der Waals surface area contributed by atoms with Crippen LogP contribution in [0.3, 0.4) is 0 Å². The van der Waals surface area contributed by atoms with Crippen LogP contribution < -0.4 is 5.32 Å². The number of ether oxygens (including phenoxy) is 2. The van der Waals surface area contributed by atoms with Crippen molar-refractivity contribution in [2.24, 2.45) is 0 Å². The van der Waals surface area contributed by atoms with E-state index in [0.29, 0.717) is 24.3 Å². The molecule has 1 aliphatic rings. The lowest BCUT2D eigenvalue weighted by molar-refractivity contribution is 0.0557. The third-order valence-electron chi connectivity index (χ3n) is 6.29. The van der Waals surface area contributed by atoms with Crippen LogP contribution in [-0.2, 0) is 13.9 Å². The number of amides is 2. The van der Waals surface area contributed by atoms with Gasteiger partial charge in [-0.3, -0.25) is 14.5 Å². The minimum absolute atomic E-state index is 0.00682. The molecule has 0 saturated heterocycles. The van der Waals surface area contributed by atoms with Crippen LogP contribution in [0.1, 0.15) is 60.7 Å². The van der Waals surface area contributed by atoms with Gasteiger partial charge < -0.3 is 19.2 Å². The lowest BCUT2D eigenvalue weighted by atomic mass is 10.1. The van der Waals surface area contributed by atoms with Gasteiger partial charge in [-0.25, -0.2) is 4.79 Å². The van der Waals surface area contributed by atoms with E-state index in [0.717, 1.165) is 25.8 Å². The van der Waals surface area contributed by atoms with Crippen molar-refractivity contribution in [2.45, 2.75) is 64.3 Å². The van der Waals surface area contributed by atoms with Crippen molar-refractivity contribution in [3.63, 3.8) is 0 Å². The Hall–Kier alpha value is -2.23. The molecule has 1 aromatic carbocycles. The quantitative estimate of drug-likeness (QED) is 0.208. The van der Waals surface area contributed by atoms with Crippen LogP contribution in [0, 0.1) is 0 Å². The summed E-state index contributed by atoms with van der Waals surface area (Å²) in [7, 11) is -0.826. The standard InChI is InChI=1S/C24H38N2O6Si/c1-24(2,3)33(5,6)32-18(16-25-14-10-7-11-15-31-23(29)30-4)17-26-21(27)19-12-8-9-13-20(19)22(26)28/h8-9,12-13,18,25H,7,10-11,14-17H2,1-6H3. The average molecular weight is 479 g/mol. The fourth-order valence-electron chi connectivity index (χ4n) is 3.35. The summed E-state index contributed by atoms with van der Waals surface area (Å²) in [5.74, 6) is -0.518. The first kappa shape index (κ1) is 27.0. The molecule has 1 aromatic rings. The monoisotopic (exact) mass is 478 g/mol. The van der Waals surface area contributed by atoms with Crippen molar-refractivity contribution in [3.8, 4) is 0 Å². The molecule has 1 aliphatic heterocycles. The number of imide groups is 1. The van der Waals surface area contributed by atoms with Crippen LogP contribution in [0.5, 0.6) is 0 Å². The zero-order chi connectivity index (χ0) is 24.6.